The van der Waals surface area contributed by atoms with Crippen molar-refractivity contribution in [3.8, 4) is 11.6 Å². The highest BCUT2D eigenvalue weighted by Crippen LogP contribution is 2.34. The van der Waals surface area contributed by atoms with Crippen molar-refractivity contribution in [2.75, 3.05) is 26.2 Å². The summed E-state index contributed by atoms with van der Waals surface area (Å²) in [6.07, 6.45) is 6.78. The molecule has 178 valence electrons. The topological polar surface area (TPSA) is 67.4 Å². The number of piperidine rings is 1. The lowest BCUT2D eigenvalue weighted by atomic mass is 10.0. The molecule has 1 N–H and O–H groups in total. The molecule has 4 rings (SSSR count). The molecule has 0 aliphatic carbocycles. The van der Waals surface area contributed by atoms with Crippen LogP contribution in [0.15, 0.2) is 70.8 Å². The number of aromatic nitrogens is 2. The van der Waals surface area contributed by atoms with E-state index >= 15 is 0 Å². The molecule has 1 aliphatic heterocycles. The molecular weight excluding hydrogens is 468 g/mol. The molecule has 0 spiro atoms. The number of nitrogens with zero attached hydrogens (tertiary/aromatic N) is 3. The average molecular weight is 497 g/mol. The second kappa shape index (κ2) is 12.2. The van der Waals surface area contributed by atoms with E-state index in [1.54, 1.807) is 36.7 Å². The fraction of sp³-hybridized carbons (Fsp3) is 0.346. The Kier molecular flexibility index (Phi) is 8.79. The van der Waals surface area contributed by atoms with Crippen LogP contribution in [0.5, 0.6) is 11.6 Å². The van der Waals surface area contributed by atoms with Gasteiger partial charge in [-0.25, -0.2) is 9.97 Å². The monoisotopic (exact) mass is 496 g/mol. The summed E-state index contributed by atoms with van der Waals surface area (Å²) in [5, 5.41) is 4.35. The van der Waals surface area contributed by atoms with Crippen LogP contribution in [0.4, 0.5) is 0 Å². The fourth-order valence-electron chi connectivity index (χ4n) is 3.95. The Balaban J connectivity index is 1.28. The van der Waals surface area contributed by atoms with Gasteiger partial charge in [-0.1, -0.05) is 30.3 Å². The normalized spacial score (nSPS) is 16.2. The van der Waals surface area contributed by atoms with E-state index in [4.69, 9.17) is 16.3 Å². The summed E-state index contributed by atoms with van der Waals surface area (Å²) in [7, 11) is 0. The molecule has 1 fully saturated rings. The minimum atomic E-state index is -0.0722. The molecule has 2 heterocycles. The van der Waals surface area contributed by atoms with Gasteiger partial charge in [-0.3, -0.25) is 4.79 Å². The number of amides is 1. The predicted octanol–water partition coefficient (Wildman–Crippen LogP) is 5.93. The van der Waals surface area contributed by atoms with Crippen LogP contribution >= 0.6 is 23.4 Å². The Morgan fingerprint density at radius 2 is 1.91 bits per heavy atom. The van der Waals surface area contributed by atoms with Gasteiger partial charge >= 0.3 is 0 Å². The van der Waals surface area contributed by atoms with Gasteiger partial charge in [-0.05, 0) is 86.8 Å². The second-order valence-electron chi connectivity index (χ2n) is 8.51. The van der Waals surface area contributed by atoms with Gasteiger partial charge < -0.3 is 15.0 Å². The number of ether oxygens (including phenoxy) is 1. The van der Waals surface area contributed by atoms with Gasteiger partial charge in [0.15, 0.2) is 5.03 Å². The molecule has 1 unspecified atom stereocenters. The molecule has 1 aromatic heterocycles. The number of rotatable bonds is 9. The lowest BCUT2D eigenvalue weighted by Gasteiger charge is -2.30. The second-order valence-corrected chi connectivity index (χ2v) is 10.0. The van der Waals surface area contributed by atoms with E-state index in [-0.39, 0.29) is 5.91 Å². The van der Waals surface area contributed by atoms with Gasteiger partial charge in [0.05, 0.1) is 0 Å². The Bertz CT molecular complexity index is 1080. The summed E-state index contributed by atoms with van der Waals surface area (Å²) in [5.74, 6) is 1.70. The molecule has 1 saturated heterocycles. The fourth-order valence-corrected chi connectivity index (χ4v) is 4.87. The lowest BCUT2D eigenvalue weighted by Crippen LogP contribution is -2.36. The number of carbonyl (C=O) groups is 1. The molecule has 6 nitrogen and oxygen atoms in total. The van der Waals surface area contributed by atoms with E-state index in [0.717, 1.165) is 23.8 Å². The van der Waals surface area contributed by atoms with E-state index in [2.05, 4.69) is 27.1 Å². The zero-order valence-electron chi connectivity index (χ0n) is 19.2. The SMILES string of the molecule is CC1CCCN(CCCNC(=O)c2ccc(Oc3nccnc3Sc3ccc(Cl)cc3)cc2)C1. The maximum absolute atomic E-state index is 12.5. The molecular formula is C26H29ClN4O2S. The van der Waals surface area contributed by atoms with E-state index in [1.165, 1.54) is 37.7 Å². The molecule has 3 aromatic rings. The largest absolute Gasteiger partial charge is 0.437 e. The number of hydrogen-bond acceptors (Lipinski definition) is 6. The predicted molar refractivity (Wildman–Crippen MR) is 136 cm³/mol. The van der Waals surface area contributed by atoms with Crippen LogP contribution in [0.1, 0.15) is 36.5 Å². The third-order valence-electron chi connectivity index (χ3n) is 5.67. The van der Waals surface area contributed by atoms with Gasteiger partial charge in [0.2, 0.25) is 0 Å². The van der Waals surface area contributed by atoms with Gasteiger partial charge in [0.1, 0.15) is 5.75 Å². The van der Waals surface area contributed by atoms with Gasteiger partial charge in [-0.15, -0.1) is 0 Å². The molecule has 1 aliphatic rings. The van der Waals surface area contributed by atoms with Crippen LogP contribution in [0.3, 0.4) is 0 Å². The number of halogens is 1. The maximum Gasteiger partial charge on any atom is 0.252 e. The molecule has 8 heteroatoms. The van der Waals surface area contributed by atoms with E-state index < -0.39 is 0 Å². The molecule has 2 aromatic carbocycles. The summed E-state index contributed by atoms with van der Waals surface area (Å²) in [4.78, 5) is 24.7. The number of benzene rings is 2. The Morgan fingerprint density at radius 1 is 1.15 bits per heavy atom. The minimum Gasteiger partial charge on any atom is -0.437 e. The van der Waals surface area contributed by atoms with Crippen LogP contribution in [-0.2, 0) is 0 Å². The van der Waals surface area contributed by atoms with Crippen molar-refractivity contribution in [1.82, 2.24) is 20.2 Å². The van der Waals surface area contributed by atoms with Gasteiger partial charge in [-0.2, -0.15) is 0 Å². The highest BCUT2D eigenvalue weighted by atomic mass is 35.5. The molecule has 0 bridgehead atoms. The summed E-state index contributed by atoms with van der Waals surface area (Å²) in [5.41, 5.74) is 0.605. The summed E-state index contributed by atoms with van der Waals surface area (Å²) >= 11 is 7.42. The Hall–Kier alpha value is -2.61. The van der Waals surface area contributed by atoms with Crippen LogP contribution in [0, 0.1) is 5.92 Å². The molecule has 34 heavy (non-hydrogen) atoms. The van der Waals surface area contributed by atoms with Crippen molar-refractivity contribution >= 4 is 29.3 Å². The van der Waals surface area contributed by atoms with Crippen molar-refractivity contribution < 1.29 is 9.53 Å². The summed E-state index contributed by atoms with van der Waals surface area (Å²) < 4.78 is 5.96. The van der Waals surface area contributed by atoms with E-state index in [0.29, 0.717) is 33.8 Å². The summed E-state index contributed by atoms with van der Waals surface area (Å²) in [6.45, 7) is 6.36. The quantitative estimate of drug-likeness (QED) is 0.370. The Labute approximate surface area is 210 Å². The average Bonchev–Trinajstić information content (AvgIpc) is 2.85. The first-order chi connectivity index (χ1) is 16.6. The van der Waals surface area contributed by atoms with Crippen molar-refractivity contribution in [3.63, 3.8) is 0 Å². The summed E-state index contributed by atoms with van der Waals surface area (Å²) in [6, 6.07) is 14.6. The number of likely N-dealkylation sites (tertiary alicyclic amines) is 1. The van der Waals surface area contributed by atoms with Crippen LogP contribution in [-0.4, -0.2) is 47.0 Å². The third-order valence-corrected chi connectivity index (χ3v) is 6.90. The highest BCUT2D eigenvalue weighted by molar-refractivity contribution is 7.99. The van der Waals surface area contributed by atoms with Gasteiger partial charge in [0, 0.05) is 41.0 Å². The smallest absolute Gasteiger partial charge is 0.252 e. The van der Waals surface area contributed by atoms with Crippen molar-refractivity contribution in [2.45, 2.75) is 36.1 Å². The molecule has 1 amide bonds. The standard InChI is InChI=1S/C26H29ClN4O2S/c1-19-4-2-16-31(18-19)17-3-13-28-24(32)20-5-9-22(10-6-20)33-25-26(30-15-14-29-25)34-23-11-7-21(27)8-12-23/h5-12,14-15,19H,2-4,13,16-18H2,1H3,(H,28,32). The van der Waals surface area contributed by atoms with Crippen molar-refractivity contribution in [3.05, 3.63) is 71.5 Å². The number of carbonyl (C=O) groups excluding carboxylic acids is 1. The molecule has 0 saturated carbocycles. The first-order valence-corrected chi connectivity index (χ1v) is 12.8. The van der Waals surface area contributed by atoms with Crippen LogP contribution in [0.25, 0.3) is 0 Å². The number of hydrogen-bond donors (Lipinski definition) is 1. The molecule has 0 radical (unpaired) electrons. The highest BCUT2D eigenvalue weighted by Gasteiger charge is 2.16. The van der Waals surface area contributed by atoms with Gasteiger partial charge in [0.25, 0.3) is 11.8 Å². The van der Waals surface area contributed by atoms with Crippen molar-refractivity contribution in [1.29, 1.82) is 0 Å². The minimum absolute atomic E-state index is 0.0722. The first-order valence-electron chi connectivity index (χ1n) is 11.6. The lowest BCUT2D eigenvalue weighted by molar-refractivity contribution is 0.0950. The zero-order valence-corrected chi connectivity index (χ0v) is 20.8. The van der Waals surface area contributed by atoms with Crippen molar-refractivity contribution in [2.24, 2.45) is 5.92 Å². The van der Waals surface area contributed by atoms with Crippen LogP contribution in [0.2, 0.25) is 5.02 Å². The third kappa shape index (κ3) is 7.19. The zero-order chi connectivity index (χ0) is 23.8. The molecule has 1 atom stereocenters. The number of nitrogens with one attached hydrogen (secondary N) is 1. The first kappa shape index (κ1) is 24.5. The van der Waals surface area contributed by atoms with E-state index in [1.807, 2.05) is 24.3 Å². The van der Waals surface area contributed by atoms with E-state index in [9.17, 15) is 4.79 Å². The van der Waals surface area contributed by atoms with Crippen LogP contribution < -0.4 is 10.1 Å². The Morgan fingerprint density at radius 3 is 2.68 bits per heavy atom. The maximum atomic E-state index is 12.5.